The van der Waals surface area contributed by atoms with Crippen LogP contribution < -0.4 is 4.74 Å². The molecule has 4 nitrogen and oxygen atoms in total. The molecule has 0 saturated carbocycles. The highest BCUT2D eigenvalue weighted by molar-refractivity contribution is 9.09. The molecule has 0 amide bonds. The highest BCUT2D eigenvalue weighted by atomic mass is 79.9. The van der Waals surface area contributed by atoms with Crippen LogP contribution in [0.2, 0.25) is 0 Å². The predicted molar refractivity (Wildman–Crippen MR) is 66.1 cm³/mol. The van der Waals surface area contributed by atoms with Gasteiger partial charge in [-0.2, -0.15) is 0 Å². The first-order valence-electron chi connectivity index (χ1n) is 4.99. The van der Waals surface area contributed by atoms with E-state index in [1.165, 1.54) is 12.1 Å². The van der Waals surface area contributed by atoms with Crippen LogP contribution >= 0.6 is 15.9 Å². The van der Waals surface area contributed by atoms with Gasteiger partial charge in [0.15, 0.2) is 5.82 Å². The molecular formula is C11H13BrFNO3. The van der Waals surface area contributed by atoms with Gasteiger partial charge in [-0.3, -0.25) is 10.1 Å². The van der Waals surface area contributed by atoms with Gasteiger partial charge in [0.05, 0.1) is 11.5 Å². The number of hydrogen-bond acceptors (Lipinski definition) is 3. The summed E-state index contributed by atoms with van der Waals surface area (Å²) in [6, 6.07) is 3.65. The maximum atomic E-state index is 13.4. The summed E-state index contributed by atoms with van der Waals surface area (Å²) in [5, 5.41) is 11.4. The highest BCUT2D eigenvalue weighted by Crippen LogP contribution is 2.31. The molecule has 17 heavy (non-hydrogen) atoms. The Morgan fingerprint density at radius 1 is 1.53 bits per heavy atom. The standard InChI is InChI=1S/C11H13BrFNO3/c1-11(2,6-12)7-17-10-8(13)4-3-5-9(10)14(15)16/h3-5H,6-7H2,1-2H3. The summed E-state index contributed by atoms with van der Waals surface area (Å²) in [4.78, 5) is 10.1. The Kier molecular flexibility index (Phi) is 4.45. The lowest BCUT2D eigenvalue weighted by atomic mass is 9.98. The lowest BCUT2D eigenvalue weighted by Gasteiger charge is -2.21. The van der Waals surface area contributed by atoms with Crippen molar-refractivity contribution in [3.8, 4) is 5.75 Å². The lowest BCUT2D eigenvalue weighted by molar-refractivity contribution is -0.386. The zero-order chi connectivity index (χ0) is 13.1. The molecule has 0 N–H and O–H groups in total. The Labute approximate surface area is 107 Å². The summed E-state index contributed by atoms with van der Waals surface area (Å²) in [6.07, 6.45) is 0. The van der Waals surface area contributed by atoms with Crippen LogP contribution in [-0.2, 0) is 0 Å². The molecule has 6 heteroatoms. The average molecular weight is 306 g/mol. The summed E-state index contributed by atoms with van der Waals surface area (Å²) >= 11 is 3.30. The SMILES string of the molecule is CC(C)(CBr)COc1c(F)cccc1[N+](=O)[O-]. The van der Waals surface area contributed by atoms with E-state index in [9.17, 15) is 14.5 Å². The van der Waals surface area contributed by atoms with Gasteiger partial charge in [-0.1, -0.05) is 35.8 Å². The van der Waals surface area contributed by atoms with Crippen LogP contribution in [0.15, 0.2) is 18.2 Å². The largest absolute Gasteiger partial charge is 0.484 e. The van der Waals surface area contributed by atoms with Crippen molar-refractivity contribution >= 4 is 21.6 Å². The Balaban J connectivity index is 2.94. The molecule has 0 atom stereocenters. The smallest absolute Gasteiger partial charge is 0.314 e. The van der Waals surface area contributed by atoms with E-state index in [2.05, 4.69) is 15.9 Å². The number of halogens is 2. The van der Waals surface area contributed by atoms with Gasteiger partial charge in [-0.05, 0) is 6.07 Å². The van der Waals surface area contributed by atoms with E-state index in [1.807, 2.05) is 13.8 Å². The Bertz CT molecular complexity index is 423. The summed E-state index contributed by atoms with van der Waals surface area (Å²) < 4.78 is 18.7. The first-order valence-corrected chi connectivity index (χ1v) is 6.11. The van der Waals surface area contributed by atoms with Crippen molar-refractivity contribution in [1.82, 2.24) is 0 Å². The van der Waals surface area contributed by atoms with Crippen molar-refractivity contribution in [2.45, 2.75) is 13.8 Å². The topological polar surface area (TPSA) is 52.4 Å². The number of benzene rings is 1. The number of nitrogens with zero attached hydrogens (tertiary/aromatic N) is 1. The van der Waals surface area contributed by atoms with Gasteiger partial charge in [0.1, 0.15) is 0 Å². The van der Waals surface area contributed by atoms with E-state index in [0.29, 0.717) is 5.33 Å². The molecule has 0 spiro atoms. The van der Waals surface area contributed by atoms with Gasteiger partial charge in [0.2, 0.25) is 5.75 Å². The molecule has 0 aliphatic heterocycles. The fraction of sp³-hybridized carbons (Fsp3) is 0.455. The van der Waals surface area contributed by atoms with Crippen LogP contribution in [0.3, 0.4) is 0 Å². The third-order valence-corrected chi connectivity index (χ3v) is 3.63. The minimum absolute atomic E-state index is 0.194. The summed E-state index contributed by atoms with van der Waals surface area (Å²) in [6.45, 7) is 4.02. The molecule has 1 aromatic rings. The van der Waals surface area contributed by atoms with Crippen LogP contribution in [0.1, 0.15) is 13.8 Å². The van der Waals surface area contributed by atoms with Gasteiger partial charge < -0.3 is 4.74 Å². The fourth-order valence-corrected chi connectivity index (χ4v) is 1.25. The molecule has 0 unspecified atom stereocenters. The highest BCUT2D eigenvalue weighted by Gasteiger charge is 2.23. The van der Waals surface area contributed by atoms with E-state index in [0.717, 1.165) is 6.07 Å². The zero-order valence-corrected chi connectivity index (χ0v) is 11.2. The molecule has 0 fully saturated rings. The van der Waals surface area contributed by atoms with Gasteiger partial charge >= 0.3 is 5.69 Å². The monoisotopic (exact) mass is 305 g/mol. The number of hydrogen-bond donors (Lipinski definition) is 0. The van der Waals surface area contributed by atoms with Gasteiger partial charge in [-0.15, -0.1) is 0 Å². The third kappa shape index (κ3) is 3.66. The second-order valence-corrected chi connectivity index (χ2v) is 4.99. The van der Waals surface area contributed by atoms with Crippen molar-refractivity contribution < 1.29 is 14.1 Å². The number of nitro benzene ring substituents is 1. The molecule has 0 heterocycles. The molecule has 1 rings (SSSR count). The average Bonchev–Trinajstić information content (AvgIpc) is 2.27. The van der Waals surface area contributed by atoms with Gasteiger partial charge in [0, 0.05) is 16.8 Å². The molecule has 0 aliphatic rings. The number of nitro groups is 1. The van der Waals surface area contributed by atoms with Crippen molar-refractivity contribution in [1.29, 1.82) is 0 Å². The minimum Gasteiger partial charge on any atom is -0.484 e. The van der Waals surface area contributed by atoms with Crippen molar-refractivity contribution in [2.24, 2.45) is 5.41 Å². The van der Waals surface area contributed by atoms with Gasteiger partial charge in [-0.25, -0.2) is 4.39 Å². The maximum Gasteiger partial charge on any atom is 0.314 e. The summed E-state index contributed by atoms with van der Waals surface area (Å²) in [5.74, 6) is -1.02. The van der Waals surface area contributed by atoms with Crippen LogP contribution in [0.5, 0.6) is 5.75 Å². The van der Waals surface area contributed by atoms with Crippen LogP contribution in [0, 0.1) is 21.3 Å². The fourth-order valence-electron chi connectivity index (χ4n) is 1.09. The first kappa shape index (κ1) is 13.9. The molecule has 94 valence electrons. The molecule has 0 aromatic heterocycles. The molecule has 0 radical (unpaired) electrons. The van der Waals surface area contributed by atoms with E-state index >= 15 is 0 Å². The van der Waals surface area contributed by atoms with E-state index in [4.69, 9.17) is 4.74 Å². The molecular weight excluding hydrogens is 293 g/mol. The quantitative estimate of drug-likeness (QED) is 0.475. The van der Waals surface area contributed by atoms with Crippen LogP contribution in [0.25, 0.3) is 0 Å². The first-order chi connectivity index (χ1) is 7.87. The maximum absolute atomic E-state index is 13.4. The normalized spacial score (nSPS) is 11.3. The zero-order valence-electron chi connectivity index (χ0n) is 9.57. The second kappa shape index (κ2) is 5.44. The minimum atomic E-state index is -0.718. The van der Waals surface area contributed by atoms with Gasteiger partial charge in [0.25, 0.3) is 0 Å². The predicted octanol–water partition coefficient (Wildman–Crippen LogP) is 3.53. The van der Waals surface area contributed by atoms with Crippen LogP contribution in [0.4, 0.5) is 10.1 Å². The number of para-hydroxylation sites is 1. The molecule has 0 bridgehead atoms. The number of alkyl halides is 1. The Morgan fingerprint density at radius 3 is 2.71 bits per heavy atom. The Hall–Kier alpha value is -1.17. The summed E-state index contributed by atoms with van der Waals surface area (Å²) in [7, 11) is 0. The molecule has 0 saturated heterocycles. The lowest BCUT2D eigenvalue weighted by Crippen LogP contribution is -2.23. The number of ether oxygens (including phenoxy) is 1. The van der Waals surface area contributed by atoms with Crippen molar-refractivity contribution in [2.75, 3.05) is 11.9 Å². The number of rotatable bonds is 5. The van der Waals surface area contributed by atoms with Crippen LogP contribution in [-0.4, -0.2) is 16.9 Å². The van der Waals surface area contributed by atoms with E-state index < -0.39 is 10.7 Å². The van der Waals surface area contributed by atoms with Crippen molar-refractivity contribution in [3.63, 3.8) is 0 Å². The van der Waals surface area contributed by atoms with E-state index in [-0.39, 0.29) is 23.5 Å². The second-order valence-electron chi connectivity index (χ2n) is 4.43. The molecule has 1 aromatic carbocycles. The molecule has 0 aliphatic carbocycles. The third-order valence-electron chi connectivity index (χ3n) is 2.11. The summed E-state index contributed by atoms with van der Waals surface area (Å²) in [5.41, 5.74) is -0.578. The Morgan fingerprint density at radius 2 is 2.18 bits per heavy atom. The van der Waals surface area contributed by atoms with E-state index in [1.54, 1.807) is 0 Å². The van der Waals surface area contributed by atoms with Crippen molar-refractivity contribution in [3.05, 3.63) is 34.1 Å².